The van der Waals surface area contributed by atoms with Gasteiger partial charge in [0.25, 0.3) is 0 Å². The van der Waals surface area contributed by atoms with E-state index in [4.69, 9.17) is 4.74 Å². The monoisotopic (exact) mass is 296 g/mol. The SMILES string of the molecule is C=CC(=O)OCCN1C(=O)C(C)(C)N(CC)C(C)(C)C1=O. The van der Waals surface area contributed by atoms with Crippen LogP contribution >= 0.6 is 0 Å². The molecular formula is C15H24N2O4. The van der Waals surface area contributed by atoms with Crippen LogP contribution in [0.3, 0.4) is 0 Å². The van der Waals surface area contributed by atoms with E-state index in [0.717, 1.165) is 6.08 Å². The minimum absolute atomic E-state index is 0.0272. The van der Waals surface area contributed by atoms with Gasteiger partial charge >= 0.3 is 5.97 Å². The number of likely N-dealkylation sites (N-methyl/N-ethyl adjacent to an activating group) is 1. The summed E-state index contributed by atoms with van der Waals surface area (Å²) in [6, 6.07) is 0. The first-order valence-electron chi connectivity index (χ1n) is 7.04. The van der Waals surface area contributed by atoms with Gasteiger partial charge in [-0.2, -0.15) is 0 Å². The molecule has 0 aliphatic carbocycles. The minimum Gasteiger partial charge on any atom is -0.461 e. The van der Waals surface area contributed by atoms with Gasteiger partial charge in [-0.15, -0.1) is 0 Å². The molecule has 0 radical (unpaired) electrons. The molecule has 0 atom stereocenters. The zero-order chi connectivity index (χ0) is 16.4. The van der Waals surface area contributed by atoms with Crippen LogP contribution in [0.5, 0.6) is 0 Å². The molecule has 1 fully saturated rings. The second-order valence-corrected chi connectivity index (χ2v) is 6.00. The highest BCUT2D eigenvalue weighted by atomic mass is 16.5. The summed E-state index contributed by atoms with van der Waals surface area (Å²) in [4.78, 5) is 39.2. The molecule has 1 aliphatic rings. The van der Waals surface area contributed by atoms with Gasteiger partial charge in [0.05, 0.1) is 17.6 Å². The zero-order valence-corrected chi connectivity index (χ0v) is 13.4. The Hall–Kier alpha value is -1.69. The number of rotatable bonds is 5. The molecule has 1 aliphatic heterocycles. The molecule has 6 heteroatoms. The molecule has 0 N–H and O–H groups in total. The molecular weight excluding hydrogens is 272 g/mol. The summed E-state index contributed by atoms with van der Waals surface area (Å²) in [6.45, 7) is 13.0. The van der Waals surface area contributed by atoms with Crippen LogP contribution in [0, 0.1) is 0 Å². The normalized spacial score (nSPS) is 21.3. The Morgan fingerprint density at radius 3 is 2.05 bits per heavy atom. The van der Waals surface area contributed by atoms with E-state index in [1.165, 1.54) is 4.90 Å². The van der Waals surface area contributed by atoms with Gasteiger partial charge < -0.3 is 4.74 Å². The third-order valence-corrected chi connectivity index (χ3v) is 3.93. The summed E-state index contributed by atoms with van der Waals surface area (Å²) >= 11 is 0. The lowest BCUT2D eigenvalue weighted by molar-refractivity contribution is -0.175. The molecule has 0 aromatic carbocycles. The molecule has 0 aromatic heterocycles. The Balaban J connectivity index is 2.95. The maximum absolute atomic E-state index is 12.6. The topological polar surface area (TPSA) is 66.9 Å². The van der Waals surface area contributed by atoms with Crippen LogP contribution in [0.4, 0.5) is 0 Å². The van der Waals surface area contributed by atoms with Crippen molar-refractivity contribution in [1.82, 2.24) is 9.80 Å². The summed E-state index contributed by atoms with van der Waals surface area (Å²) in [5.41, 5.74) is -1.57. The van der Waals surface area contributed by atoms with Crippen molar-refractivity contribution in [2.75, 3.05) is 19.7 Å². The summed E-state index contributed by atoms with van der Waals surface area (Å²) in [5.74, 6) is -1.12. The average Bonchev–Trinajstić information content (AvgIpc) is 2.40. The standard InChI is InChI=1S/C15H24N2O4/c1-7-11(18)21-10-9-16-12(19)14(3,4)17(8-2)15(5,6)13(16)20/h7H,1,8-10H2,2-6H3. The lowest BCUT2D eigenvalue weighted by atomic mass is 9.86. The number of hydrogen-bond acceptors (Lipinski definition) is 5. The van der Waals surface area contributed by atoms with Crippen molar-refractivity contribution in [1.29, 1.82) is 0 Å². The fourth-order valence-corrected chi connectivity index (χ4v) is 2.97. The predicted molar refractivity (Wildman–Crippen MR) is 78.4 cm³/mol. The molecule has 0 unspecified atom stereocenters. The molecule has 0 saturated carbocycles. The first kappa shape index (κ1) is 17.4. The van der Waals surface area contributed by atoms with E-state index < -0.39 is 17.0 Å². The van der Waals surface area contributed by atoms with Crippen LogP contribution in [0.25, 0.3) is 0 Å². The number of carbonyl (C=O) groups is 3. The maximum atomic E-state index is 12.6. The smallest absolute Gasteiger partial charge is 0.330 e. The Morgan fingerprint density at radius 1 is 1.19 bits per heavy atom. The third-order valence-electron chi connectivity index (χ3n) is 3.93. The predicted octanol–water partition coefficient (Wildman–Crippen LogP) is 0.963. The van der Waals surface area contributed by atoms with E-state index in [0.29, 0.717) is 6.54 Å². The van der Waals surface area contributed by atoms with Crippen molar-refractivity contribution >= 4 is 17.8 Å². The third kappa shape index (κ3) is 3.00. The van der Waals surface area contributed by atoms with Gasteiger partial charge in [0, 0.05) is 6.08 Å². The van der Waals surface area contributed by atoms with Crippen LogP contribution < -0.4 is 0 Å². The Bertz CT molecular complexity index is 440. The van der Waals surface area contributed by atoms with E-state index in [-0.39, 0.29) is 25.0 Å². The Kier molecular flexibility index (Phi) is 4.94. The molecule has 0 bridgehead atoms. The van der Waals surface area contributed by atoms with Crippen molar-refractivity contribution < 1.29 is 19.1 Å². The average molecular weight is 296 g/mol. The molecule has 1 saturated heterocycles. The fourth-order valence-electron chi connectivity index (χ4n) is 2.97. The molecule has 21 heavy (non-hydrogen) atoms. The highest BCUT2D eigenvalue weighted by molar-refractivity contribution is 6.06. The van der Waals surface area contributed by atoms with Crippen molar-refractivity contribution in [2.45, 2.75) is 45.7 Å². The van der Waals surface area contributed by atoms with Crippen molar-refractivity contribution in [2.24, 2.45) is 0 Å². The summed E-state index contributed by atoms with van der Waals surface area (Å²) in [7, 11) is 0. The number of imide groups is 1. The second-order valence-electron chi connectivity index (χ2n) is 6.00. The van der Waals surface area contributed by atoms with Gasteiger partial charge in [0.2, 0.25) is 11.8 Å². The number of nitrogens with zero attached hydrogens (tertiary/aromatic N) is 2. The number of amides is 2. The fraction of sp³-hybridized carbons (Fsp3) is 0.667. The maximum Gasteiger partial charge on any atom is 0.330 e. The summed E-state index contributed by atoms with van der Waals surface area (Å²) in [5, 5.41) is 0. The first-order chi connectivity index (χ1) is 9.60. The highest BCUT2D eigenvalue weighted by Gasteiger charge is 2.54. The summed E-state index contributed by atoms with van der Waals surface area (Å²) < 4.78 is 4.86. The van der Waals surface area contributed by atoms with Gasteiger partial charge in [-0.1, -0.05) is 13.5 Å². The molecule has 0 spiro atoms. The number of ether oxygens (including phenoxy) is 1. The van der Waals surface area contributed by atoms with Crippen molar-refractivity contribution in [3.05, 3.63) is 12.7 Å². The van der Waals surface area contributed by atoms with Gasteiger partial charge in [0.15, 0.2) is 0 Å². The second kappa shape index (κ2) is 5.97. The van der Waals surface area contributed by atoms with E-state index in [1.54, 1.807) is 27.7 Å². The van der Waals surface area contributed by atoms with Crippen LogP contribution in [0.2, 0.25) is 0 Å². The lowest BCUT2D eigenvalue weighted by Crippen LogP contribution is -2.73. The molecule has 118 valence electrons. The first-order valence-corrected chi connectivity index (χ1v) is 7.04. The van der Waals surface area contributed by atoms with E-state index in [9.17, 15) is 14.4 Å². The van der Waals surface area contributed by atoms with Gasteiger partial charge in [-0.25, -0.2) is 4.79 Å². The van der Waals surface area contributed by atoms with E-state index in [1.807, 2.05) is 11.8 Å². The van der Waals surface area contributed by atoms with Gasteiger partial charge in [0.1, 0.15) is 6.61 Å². The largest absolute Gasteiger partial charge is 0.461 e. The summed E-state index contributed by atoms with van der Waals surface area (Å²) in [6.07, 6.45) is 1.05. The molecule has 2 amide bonds. The Labute approximate surface area is 125 Å². The number of hydrogen-bond donors (Lipinski definition) is 0. The molecule has 6 nitrogen and oxygen atoms in total. The van der Waals surface area contributed by atoms with Crippen molar-refractivity contribution in [3.63, 3.8) is 0 Å². The quantitative estimate of drug-likeness (QED) is 0.429. The molecule has 1 heterocycles. The molecule has 1 rings (SSSR count). The van der Waals surface area contributed by atoms with Crippen LogP contribution in [0.1, 0.15) is 34.6 Å². The highest BCUT2D eigenvalue weighted by Crippen LogP contribution is 2.33. The Morgan fingerprint density at radius 2 is 1.67 bits per heavy atom. The van der Waals surface area contributed by atoms with Gasteiger partial charge in [-0.05, 0) is 34.2 Å². The molecule has 0 aromatic rings. The van der Waals surface area contributed by atoms with Crippen molar-refractivity contribution in [3.8, 4) is 0 Å². The van der Waals surface area contributed by atoms with Crippen LogP contribution in [-0.2, 0) is 19.1 Å². The lowest BCUT2D eigenvalue weighted by Gasteiger charge is -2.53. The van der Waals surface area contributed by atoms with Gasteiger partial charge in [-0.3, -0.25) is 19.4 Å². The number of carbonyl (C=O) groups excluding carboxylic acids is 3. The van der Waals surface area contributed by atoms with E-state index in [2.05, 4.69) is 6.58 Å². The number of esters is 1. The van der Waals surface area contributed by atoms with Crippen LogP contribution in [-0.4, -0.2) is 58.4 Å². The minimum atomic E-state index is -0.783. The number of piperazine rings is 1. The van der Waals surface area contributed by atoms with Crippen LogP contribution in [0.15, 0.2) is 12.7 Å². The van der Waals surface area contributed by atoms with E-state index >= 15 is 0 Å². The zero-order valence-electron chi connectivity index (χ0n) is 13.4.